The predicted octanol–water partition coefficient (Wildman–Crippen LogP) is 4.18. The van der Waals surface area contributed by atoms with Crippen molar-refractivity contribution in [2.75, 3.05) is 0 Å². The molecule has 0 bridgehead atoms. The van der Waals surface area contributed by atoms with Gasteiger partial charge in [-0.1, -0.05) is 52.4 Å². The molecule has 1 rings (SSSR count). The van der Waals surface area contributed by atoms with Gasteiger partial charge in [-0.15, -0.1) is 0 Å². The first-order valence-corrected chi connectivity index (χ1v) is 8.78. The molecule has 0 aromatic rings. The molecule has 0 atom stereocenters. The lowest BCUT2D eigenvalue weighted by Crippen LogP contribution is -2.21. The van der Waals surface area contributed by atoms with Gasteiger partial charge in [0.2, 0.25) is 0 Å². The molecule has 0 aromatic heterocycles. The Balaban J connectivity index is 2.51. The van der Waals surface area contributed by atoms with Crippen LogP contribution in [0.5, 0.6) is 0 Å². The minimum absolute atomic E-state index is 0.432. The van der Waals surface area contributed by atoms with Gasteiger partial charge in [-0.25, -0.2) is 0 Å². The molecule has 1 aliphatic rings. The smallest absolute Gasteiger partial charge is 0.267 e. The second-order valence-electron chi connectivity index (χ2n) is 6.50. The molecule has 0 heterocycles. The summed E-state index contributed by atoms with van der Waals surface area (Å²) >= 11 is 0. The Kier molecular flexibility index (Phi) is 6.12. The SMILES string of the molecule is CC1(C)CCCCCC(S(=O)(=O)O)CCCCC1. The Bertz CT molecular complexity index is 317. The van der Waals surface area contributed by atoms with E-state index in [0.717, 1.165) is 25.7 Å². The first-order chi connectivity index (χ1) is 8.31. The van der Waals surface area contributed by atoms with Crippen LogP contribution in [0.3, 0.4) is 0 Å². The zero-order chi connectivity index (χ0) is 13.6. The normalized spacial score (nSPS) is 25.1. The lowest BCUT2D eigenvalue weighted by molar-refractivity contribution is 0.279. The Morgan fingerprint density at radius 2 is 1.33 bits per heavy atom. The highest BCUT2D eigenvalue weighted by molar-refractivity contribution is 7.86. The highest BCUT2D eigenvalue weighted by Gasteiger charge is 2.23. The topological polar surface area (TPSA) is 54.4 Å². The summed E-state index contributed by atoms with van der Waals surface area (Å²) in [6, 6.07) is 0. The van der Waals surface area contributed by atoms with E-state index in [1.54, 1.807) is 0 Å². The van der Waals surface area contributed by atoms with Gasteiger partial charge < -0.3 is 0 Å². The van der Waals surface area contributed by atoms with Gasteiger partial charge in [0.1, 0.15) is 0 Å². The van der Waals surface area contributed by atoms with E-state index in [2.05, 4.69) is 13.8 Å². The minimum atomic E-state index is -3.84. The average molecular weight is 276 g/mol. The summed E-state index contributed by atoms with van der Waals surface area (Å²) < 4.78 is 31.7. The molecule has 1 aliphatic carbocycles. The molecule has 108 valence electrons. The highest BCUT2D eigenvalue weighted by atomic mass is 32.2. The minimum Gasteiger partial charge on any atom is -0.285 e. The van der Waals surface area contributed by atoms with Crippen molar-refractivity contribution < 1.29 is 13.0 Å². The molecule has 1 N–H and O–H groups in total. The molecular weight excluding hydrogens is 248 g/mol. The van der Waals surface area contributed by atoms with Crippen LogP contribution in [0.1, 0.15) is 78.1 Å². The fourth-order valence-electron chi connectivity index (χ4n) is 2.87. The number of hydrogen-bond donors (Lipinski definition) is 1. The third-order valence-corrected chi connectivity index (χ3v) is 5.49. The zero-order valence-corrected chi connectivity index (χ0v) is 12.6. The standard InChI is InChI=1S/C14H28O3S/c1-14(2)11-7-3-5-9-13(18(15,16)17)10-6-4-8-12-14/h13H,3-12H2,1-2H3,(H,15,16,17). The lowest BCUT2D eigenvalue weighted by atomic mass is 9.81. The van der Waals surface area contributed by atoms with E-state index >= 15 is 0 Å². The van der Waals surface area contributed by atoms with Gasteiger partial charge >= 0.3 is 0 Å². The molecule has 1 saturated carbocycles. The maximum atomic E-state index is 11.3. The maximum Gasteiger partial charge on any atom is 0.267 e. The van der Waals surface area contributed by atoms with Gasteiger partial charge in [0.25, 0.3) is 10.1 Å². The summed E-state index contributed by atoms with van der Waals surface area (Å²) in [6.45, 7) is 4.67. The van der Waals surface area contributed by atoms with Gasteiger partial charge in [-0.3, -0.25) is 4.55 Å². The second-order valence-corrected chi connectivity index (χ2v) is 8.20. The first kappa shape index (κ1) is 16.0. The van der Waals surface area contributed by atoms with Crippen LogP contribution in [0.25, 0.3) is 0 Å². The summed E-state index contributed by atoms with van der Waals surface area (Å²) in [5, 5.41) is -0.523. The highest BCUT2D eigenvalue weighted by Crippen LogP contribution is 2.31. The van der Waals surface area contributed by atoms with Crippen LogP contribution in [-0.4, -0.2) is 18.2 Å². The van der Waals surface area contributed by atoms with E-state index in [1.807, 2.05) is 0 Å². The van der Waals surface area contributed by atoms with Crippen LogP contribution in [0.2, 0.25) is 0 Å². The Morgan fingerprint density at radius 3 is 1.72 bits per heavy atom. The van der Waals surface area contributed by atoms with Gasteiger partial charge in [-0.05, 0) is 31.1 Å². The molecule has 0 spiro atoms. The second kappa shape index (κ2) is 6.90. The van der Waals surface area contributed by atoms with E-state index in [1.165, 1.54) is 25.7 Å². The first-order valence-electron chi connectivity index (χ1n) is 7.28. The molecule has 0 amide bonds. The number of rotatable bonds is 1. The third kappa shape index (κ3) is 6.19. The molecule has 4 heteroatoms. The van der Waals surface area contributed by atoms with Crippen LogP contribution >= 0.6 is 0 Å². The van der Waals surface area contributed by atoms with Crippen LogP contribution in [-0.2, 0) is 10.1 Å². The summed E-state index contributed by atoms with van der Waals surface area (Å²) in [4.78, 5) is 0. The van der Waals surface area contributed by atoms with Crippen molar-refractivity contribution in [2.45, 2.75) is 83.3 Å². The van der Waals surface area contributed by atoms with Gasteiger partial charge in [0.05, 0.1) is 5.25 Å². The van der Waals surface area contributed by atoms with Crippen molar-refractivity contribution in [2.24, 2.45) is 5.41 Å². The lowest BCUT2D eigenvalue weighted by Gasteiger charge is -2.25. The molecule has 0 aromatic carbocycles. The van der Waals surface area contributed by atoms with Crippen molar-refractivity contribution in [1.82, 2.24) is 0 Å². The molecule has 18 heavy (non-hydrogen) atoms. The Morgan fingerprint density at radius 1 is 0.889 bits per heavy atom. The predicted molar refractivity (Wildman–Crippen MR) is 75.3 cm³/mol. The van der Waals surface area contributed by atoms with Crippen LogP contribution < -0.4 is 0 Å². The van der Waals surface area contributed by atoms with Crippen LogP contribution in [0.4, 0.5) is 0 Å². The van der Waals surface area contributed by atoms with Crippen molar-refractivity contribution in [3.63, 3.8) is 0 Å². The van der Waals surface area contributed by atoms with Crippen molar-refractivity contribution in [1.29, 1.82) is 0 Å². The van der Waals surface area contributed by atoms with Gasteiger partial charge in [0.15, 0.2) is 0 Å². The van der Waals surface area contributed by atoms with E-state index < -0.39 is 15.4 Å². The summed E-state index contributed by atoms with van der Waals surface area (Å²) in [7, 11) is -3.84. The summed E-state index contributed by atoms with van der Waals surface area (Å²) in [5.41, 5.74) is 0.432. The van der Waals surface area contributed by atoms with Gasteiger partial charge in [-0.2, -0.15) is 8.42 Å². The van der Waals surface area contributed by atoms with Gasteiger partial charge in [0, 0.05) is 0 Å². The van der Waals surface area contributed by atoms with Crippen LogP contribution in [0, 0.1) is 5.41 Å². The monoisotopic (exact) mass is 276 g/mol. The molecule has 1 fully saturated rings. The van der Waals surface area contributed by atoms with E-state index in [4.69, 9.17) is 0 Å². The molecule has 0 unspecified atom stereocenters. The zero-order valence-electron chi connectivity index (χ0n) is 11.8. The largest absolute Gasteiger partial charge is 0.285 e. The Labute approximate surface area is 112 Å². The molecule has 0 aliphatic heterocycles. The van der Waals surface area contributed by atoms with Crippen LogP contribution in [0.15, 0.2) is 0 Å². The maximum absolute atomic E-state index is 11.3. The Hall–Kier alpha value is -0.0900. The molecule has 0 saturated heterocycles. The fraction of sp³-hybridized carbons (Fsp3) is 1.00. The molecule has 0 radical (unpaired) electrons. The van der Waals surface area contributed by atoms with Crippen molar-refractivity contribution in [3.05, 3.63) is 0 Å². The number of hydrogen-bond acceptors (Lipinski definition) is 2. The third-order valence-electron chi connectivity index (χ3n) is 4.18. The summed E-state index contributed by atoms with van der Waals surface area (Å²) in [5.74, 6) is 0. The van der Waals surface area contributed by atoms with Crippen molar-refractivity contribution in [3.8, 4) is 0 Å². The average Bonchev–Trinajstić information content (AvgIpc) is 2.21. The summed E-state index contributed by atoms with van der Waals surface area (Å²) in [6.07, 6.45) is 10.0. The van der Waals surface area contributed by atoms with Crippen molar-refractivity contribution >= 4 is 10.1 Å². The quantitative estimate of drug-likeness (QED) is 0.731. The van der Waals surface area contributed by atoms with E-state index in [0.29, 0.717) is 18.3 Å². The van der Waals surface area contributed by atoms with E-state index in [9.17, 15) is 13.0 Å². The van der Waals surface area contributed by atoms with E-state index in [-0.39, 0.29) is 0 Å². The molecular formula is C14H28O3S. The fourth-order valence-corrected chi connectivity index (χ4v) is 3.80. The molecule has 3 nitrogen and oxygen atoms in total.